The Morgan fingerprint density at radius 2 is 1.93 bits per heavy atom. The molecule has 2 fully saturated rings. The normalized spacial score (nSPS) is 20.2. The molecule has 0 spiro atoms. The van der Waals surface area contributed by atoms with Crippen LogP contribution in [-0.4, -0.2) is 45.3 Å². The lowest BCUT2D eigenvalue weighted by molar-refractivity contribution is -0.117. The molecule has 5 rings (SSSR count). The minimum absolute atomic E-state index is 0.199. The summed E-state index contributed by atoms with van der Waals surface area (Å²) in [5.41, 5.74) is 3.73. The lowest BCUT2D eigenvalue weighted by atomic mass is 10.3. The van der Waals surface area contributed by atoms with Crippen molar-refractivity contribution >= 4 is 28.4 Å². The van der Waals surface area contributed by atoms with Crippen LogP contribution < -0.4 is 9.80 Å². The second-order valence-electron chi connectivity index (χ2n) is 7.34. The van der Waals surface area contributed by atoms with E-state index in [0.29, 0.717) is 6.42 Å². The third-order valence-corrected chi connectivity index (χ3v) is 5.53. The van der Waals surface area contributed by atoms with Crippen LogP contribution in [0.4, 0.5) is 11.5 Å². The molecule has 3 aromatic rings. The van der Waals surface area contributed by atoms with E-state index in [1.54, 1.807) is 0 Å². The van der Waals surface area contributed by atoms with Crippen LogP contribution in [0.25, 0.3) is 11.0 Å². The molecule has 1 aromatic carbocycles. The fourth-order valence-electron chi connectivity index (χ4n) is 4.12. The van der Waals surface area contributed by atoms with E-state index in [0.717, 1.165) is 60.7 Å². The minimum Gasteiger partial charge on any atom is -0.353 e. The first-order valence-electron chi connectivity index (χ1n) is 9.52. The smallest absolute Gasteiger partial charge is 0.227 e. The number of hydrogen-bond donors (Lipinski definition) is 0. The molecule has 138 valence electrons. The maximum atomic E-state index is 12.0. The standard InChI is InChI=1S/C20H22N6O/c1-14-20(23-18-6-3-2-5-17(18)22-14)24-10-8-15(12-24)26-13-16(11-21-26)25-9-4-7-19(25)27/h2-3,5-6,11,13,15H,4,7-10,12H2,1H3. The summed E-state index contributed by atoms with van der Waals surface area (Å²) in [6, 6.07) is 8.27. The van der Waals surface area contributed by atoms with Crippen LogP contribution in [0.3, 0.4) is 0 Å². The zero-order chi connectivity index (χ0) is 18.4. The van der Waals surface area contributed by atoms with Crippen LogP contribution >= 0.6 is 0 Å². The van der Waals surface area contributed by atoms with E-state index in [4.69, 9.17) is 9.97 Å². The Balaban J connectivity index is 1.37. The fourth-order valence-corrected chi connectivity index (χ4v) is 4.12. The van der Waals surface area contributed by atoms with Crippen LogP contribution in [0.2, 0.25) is 0 Å². The summed E-state index contributed by atoms with van der Waals surface area (Å²) in [6.45, 7) is 4.60. The van der Waals surface area contributed by atoms with Gasteiger partial charge in [-0.2, -0.15) is 5.10 Å². The maximum Gasteiger partial charge on any atom is 0.227 e. The molecule has 0 radical (unpaired) electrons. The second kappa shape index (κ2) is 6.33. The molecule has 2 aliphatic heterocycles. The summed E-state index contributed by atoms with van der Waals surface area (Å²) in [4.78, 5) is 25.6. The molecular formula is C20H22N6O. The monoisotopic (exact) mass is 362 g/mol. The lowest BCUT2D eigenvalue weighted by Crippen LogP contribution is -2.24. The largest absolute Gasteiger partial charge is 0.353 e. The molecule has 27 heavy (non-hydrogen) atoms. The molecule has 2 aliphatic rings. The number of carbonyl (C=O) groups excluding carboxylic acids is 1. The number of rotatable bonds is 3. The van der Waals surface area contributed by atoms with Gasteiger partial charge in [-0.25, -0.2) is 9.97 Å². The average Bonchev–Trinajstić information content (AvgIpc) is 3.41. The van der Waals surface area contributed by atoms with Crippen molar-refractivity contribution < 1.29 is 4.79 Å². The first-order valence-corrected chi connectivity index (χ1v) is 9.52. The topological polar surface area (TPSA) is 67.2 Å². The molecule has 0 saturated carbocycles. The van der Waals surface area contributed by atoms with Crippen molar-refractivity contribution in [1.82, 2.24) is 19.7 Å². The Hall–Kier alpha value is -2.96. The van der Waals surface area contributed by atoms with Crippen molar-refractivity contribution in [2.75, 3.05) is 29.4 Å². The Bertz CT molecular complexity index is 1010. The third-order valence-electron chi connectivity index (χ3n) is 5.53. The highest BCUT2D eigenvalue weighted by Gasteiger charge is 2.29. The summed E-state index contributed by atoms with van der Waals surface area (Å²) < 4.78 is 2.00. The van der Waals surface area contributed by atoms with Crippen molar-refractivity contribution in [3.63, 3.8) is 0 Å². The number of benzene rings is 1. The summed E-state index contributed by atoms with van der Waals surface area (Å²) in [5, 5.41) is 4.54. The predicted molar refractivity (Wildman–Crippen MR) is 104 cm³/mol. The van der Waals surface area contributed by atoms with Crippen molar-refractivity contribution in [1.29, 1.82) is 0 Å². The summed E-state index contributed by atoms with van der Waals surface area (Å²) in [6.07, 6.45) is 6.40. The Morgan fingerprint density at radius 3 is 2.70 bits per heavy atom. The predicted octanol–water partition coefficient (Wildman–Crippen LogP) is 2.71. The van der Waals surface area contributed by atoms with Gasteiger partial charge in [-0.1, -0.05) is 12.1 Å². The summed E-state index contributed by atoms with van der Waals surface area (Å²) >= 11 is 0. The highest BCUT2D eigenvalue weighted by Crippen LogP contribution is 2.30. The molecule has 7 nitrogen and oxygen atoms in total. The first kappa shape index (κ1) is 16.2. The number of carbonyl (C=O) groups is 1. The molecule has 1 amide bonds. The maximum absolute atomic E-state index is 12.0. The highest BCUT2D eigenvalue weighted by molar-refractivity contribution is 5.95. The van der Waals surface area contributed by atoms with Gasteiger partial charge in [-0.15, -0.1) is 0 Å². The van der Waals surface area contributed by atoms with Gasteiger partial charge in [0.25, 0.3) is 0 Å². The van der Waals surface area contributed by atoms with Crippen LogP contribution in [-0.2, 0) is 4.79 Å². The molecular weight excluding hydrogens is 340 g/mol. The van der Waals surface area contributed by atoms with E-state index < -0.39 is 0 Å². The molecule has 1 atom stereocenters. The van der Waals surface area contributed by atoms with Gasteiger partial charge in [0.15, 0.2) is 5.82 Å². The summed E-state index contributed by atoms with van der Waals surface area (Å²) in [7, 11) is 0. The van der Waals surface area contributed by atoms with E-state index >= 15 is 0 Å². The Morgan fingerprint density at radius 1 is 1.11 bits per heavy atom. The molecule has 7 heteroatoms. The molecule has 2 aromatic heterocycles. The van der Waals surface area contributed by atoms with Crippen LogP contribution in [0.5, 0.6) is 0 Å². The number of amides is 1. The molecule has 4 heterocycles. The van der Waals surface area contributed by atoms with Crippen molar-refractivity contribution in [3.8, 4) is 0 Å². The fraction of sp³-hybridized carbons (Fsp3) is 0.400. The SMILES string of the molecule is Cc1nc2ccccc2nc1N1CCC(n2cc(N3CCCC3=O)cn2)C1. The van der Waals surface area contributed by atoms with Crippen LogP contribution in [0.15, 0.2) is 36.7 Å². The van der Waals surface area contributed by atoms with Gasteiger partial charge in [-0.3, -0.25) is 9.48 Å². The van der Waals surface area contributed by atoms with Crippen LogP contribution in [0, 0.1) is 6.92 Å². The van der Waals surface area contributed by atoms with E-state index in [1.165, 1.54) is 0 Å². The van der Waals surface area contributed by atoms with Gasteiger partial charge in [0.05, 0.1) is 34.7 Å². The van der Waals surface area contributed by atoms with E-state index in [2.05, 4.69) is 10.00 Å². The van der Waals surface area contributed by atoms with Gasteiger partial charge >= 0.3 is 0 Å². The molecule has 0 bridgehead atoms. The number of hydrogen-bond acceptors (Lipinski definition) is 5. The van der Waals surface area contributed by atoms with Gasteiger partial charge in [-0.05, 0) is 31.9 Å². The van der Waals surface area contributed by atoms with E-state index in [1.807, 2.05) is 53.2 Å². The van der Waals surface area contributed by atoms with E-state index in [9.17, 15) is 4.79 Å². The van der Waals surface area contributed by atoms with Gasteiger partial charge in [0.2, 0.25) is 5.91 Å². The molecule has 1 unspecified atom stereocenters. The zero-order valence-corrected chi connectivity index (χ0v) is 15.4. The molecule has 0 aliphatic carbocycles. The molecule has 2 saturated heterocycles. The number of anilines is 2. The quantitative estimate of drug-likeness (QED) is 0.717. The lowest BCUT2D eigenvalue weighted by Gasteiger charge is -2.19. The van der Waals surface area contributed by atoms with Gasteiger partial charge in [0.1, 0.15) is 0 Å². The first-order chi connectivity index (χ1) is 13.2. The van der Waals surface area contributed by atoms with Crippen molar-refractivity contribution in [2.24, 2.45) is 0 Å². The van der Waals surface area contributed by atoms with Gasteiger partial charge < -0.3 is 9.80 Å². The minimum atomic E-state index is 0.199. The second-order valence-corrected chi connectivity index (χ2v) is 7.34. The average molecular weight is 362 g/mol. The van der Waals surface area contributed by atoms with Gasteiger partial charge in [0, 0.05) is 32.3 Å². The van der Waals surface area contributed by atoms with Crippen molar-refractivity contribution in [3.05, 3.63) is 42.4 Å². The summed E-state index contributed by atoms with van der Waals surface area (Å²) in [5.74, 6) is 1.16. The number of nitrogens with zero attached hydrogens (tertiary/aromatic N) is 6. The highest BCUT2D eigenvalue weighted by atomic mass is 16.2. The third kappa shape index (κ3) is 2.83. The van der Waals surface area contributed by atoms with Crippen LogP contribution in [0.1, 0.15) is 31.0 Å². The van der Waals surface area contributed by atoms with Crippen molar-refractivity contribution in [2.45, 2.75) is 32.2 Å². The van der Waals surface area contributed by atoms with E-state index in [-0.39, 0.29) is 11.9 Å². The Labute approximate surface area is 157 Å². The number of fused-ring (bicyclic) bond motifs is 1. The zero-order valence-electron chi connectivity index (χ0n) is 15.4. The number of aromatic nitrogens is 4. The Kier molecular flexibility index (Phi) is 3.81. The number of aryl methyl sites for hydroxylation is 1. The number of para-hydroxylation sites is 2. The molecule has 0 N–H and O–H groups in total.